The summed E-state index contributed by atoms with van der Waals surface area (Å²) in [6, 6.07) is 1.80. The highest BCUT2D eigenvalue weighted by molar-refractivity contribution is 7.99. The highest BCUT2D eigenvalue weighted by Gasteiger charge is 2.30. The van der Waals surface area contributed by atoms with Crippen molar-refractivity contribution in [3.05, 3.63) is 23.9 Å². The number of hydrogen-bond donors (Lipinski definition) is 1. The molecule has 1 rings (SSSR count). The van der Waals surface area contributed by atoms with Crippen molar-refractivity contribution in [1.29, 1.82) is 0 Å². The van der Waals surface area contributed by atoms with Crippen LogP contribution >= 0.6 is 11.8 Å². The van der Waals surface area contributed by atoms with Crippen molar-refractivity contribution in [2.45, 2.75) is 37.1 Å². The molecular weight excluding hydrogens is 305 g/mol. The molecule has 0 aliphatic rings. The predicted molar refractivity (Wildman–Crippen MR) is 74.0 cm³/mol. The number of rotatable bonds is 6. The number of nitrogens with one attached hydrogen (secondary N) is 1. The largest absolute Gasteiger partial charge is 0.468 e. The van der Waals surface area contributed by atoms with E-state index in [-0.39, 0.29) is 6.04 Å². The molecule has 0 bridgehead atoms. The first kappa shape index (κ1) is 17.8. The fraction of sp³-hybridized carbons (Fsp3) is 0.538. The standard InChI is InChI=1S/C13H17F3N2O2S/c1-8(2)18-10(12(19)20-3)7-21-11-5-4-9(6-17-11)13(14,15)16/h4-6,8,10,18H,7H2,1-3H3. The molecule has 0 saturated carbocycles. The van der Waals surface area contributed by atoms with Gasteiger partial charge in [-0.1, -0.05) is 13.8 Å². The third kappa shape index (κ3) is 5.92. The summed E-state index contributed by atoms with van der Waals surface area (Å²) in [5.41, 5.74) is -0.795. The summed E-state index contributed by atoms with van der Waals surface area (Å²) < 4.78 is 41.9. The van der Waals surface area contributed by atoms with Gasteiger partial charge in [0.15, 0.2) is 0 Å². The van der Waals surface area contributed by atoms with Gasteiger partial charge in [0.05, 0.1) is 17.7 Å². The van der Waals surface area contributed by atoms with Crippen LogP contribution in [0.2, 0.25) is 0 Å². The molecule has 1 aromatic heterocycles. The fourth-order valence-corrected chi connectivity index (χ4v) is 2.39. The molecule has 1 N–H and O–H groups in total. The molecule has 8 heteroatoms. The van der Waals surface area contributed by atoms with Crippen molar-refractivity contribution in [2.75, 3.05) is 12.9 Å². The van der Waals surface area contributed by atoms with E-state index in [4.69, 9.17) is 0 Å². The molecule has 0 spiro atoms. The molecule has 4 nitrogen and oxygen atoms in total. The van der Waals surface area contributed by atoms with E-state index >= 15 is 0 Å². The van der Waals surface area contributed by atoms with Gasteiger partial charge in [0.1, 0.15) is 6.04 Å². The minimum atomic E-state index is -4.40. The van der Waals surface area contributed by atoms with Crippen LogP contribution in [0.25, 0.3) is 0 Å². The van der Waals surface area contributed by atoms with Gasteiger partial charge in [0.25, 0.3) is 0 Å². The lowest BCUT2D eigenvalue weighted by molar-refractivity contribution is -0.142. The molecule has 0 amide bonds. The number of methoxy groups -OCH3 is 1. The average molecular weight is 322 g/mol. The van der Waals surface area contributed by atoms with Crippen LogP contribution < -0.4 is 5.32 Å². The topological polar surface area (TPSA) is 51.2 Å². The van der Waals surface area contributed by atoms with E-state index in [9.17, 15) is 18.0 Å². The van der Waals surface area contributed by atoms with Crippen molar-refractivity contribution < 1.29 is 22.7 Å². The Morgan fingerprint density at radius 3 is 2.52 bits per heavy atom. The number of nitrogens with zero attached hydrogens (tertiary/aromatic N) is 1. The second kappa shape index (κ2) is 7.65. The number of esters is 1. The van der Waals surface area contributed by atoms with Crippen LogP contribution in [-0.2, 0) is 15.7 Å². The highest BCUT2D eigenvalue weighted by atomic mass is 32.2. The molecular formula is C13H17F3N2O2S. The molecule has 0 radical (unpaired) electrons. The van der Waals surface area contributed by atoms with Gasteiger partial charge in [0.2, 0.25) is 0 Å². The van der Waals surface area contributed by atoms with E-state index in [0.717, 1.165) is 12.3 Å². The van der Waals surface area contributed by atoms with E-state index in [0.29, 0.717) is 10.8 Å². The maximum atomic E-state index is 12.4. The predicted octanol–water partition coefficient (Wildman–Crippen LogP) is 2.73. The molecule has 0 aliphatic heterocycles. The van der Waals surface area contributed by atoms with Crippen molar-refractivity contribution in [3.63, 3.8) is 0 Å². The van der Waals surface area contributed by atoms with Crippen molar-refractivity contribution in [2.24, 2.45) is 0 Å². The van der Waals surface area contributed by atoms with Gasteiger partial charge in [-0.05, 0) is 12.1 Å². The van der Waals surface area contributed by atoms with Crippen molar-refractivity contribution >= 4 is 17.7 Å². The zero-order chi connectivity index (χ0) is 16.0. The van der Waals surface area contributed by atoms with Gasteiger partial charge in [-0.2, -0.15) is 13.2 Å². The summed E-state index contributed by atoms with van der Waals surface area (Å²) in [7, 11) is 1.29. The van der Waals surface area contributed by atoms with Crippen LogP contribution in [0.4, 0.5) is 13.2 Å². The zero-order valence-electron chi connectivity index (χ0n) is 11.9. The number of halogens is 3. The monoisotopic (exact) mass is 322 g/mol. The molecule has 0 aliphatic carbocycles. The maximum absolute atomic E-state index is 12.4. The van der Waals surface area contributed by atoms with Crippen LogP contribution in [0.15, 0.2) is 23.4 Å². The Morgan fingerprint density at radius 1 is 1.43 bits per heavy atom. The average Bonchev–Trinajstić information content (AvgIpc) is 2.41. The number of alkyl halides is 3. The summed E-state index contributed by atoms with van der Waals surface area (Å²) in [5.74, 6) is -0.0911. The van der Waals surface area contributed by atoms with Gasteiger partial charge in [0, 0.05) is 18.0 Å². The van der Waals surface area contributed by atoms with Crippen LogP contribution in [-0.4, -0.2) is 35.9 Å². The van der Waals surface area contributed by atoms with Crippen LogP contribution in [0.5, 0.6) is 0 Å². The van der Waals surface area contributed by atoms with Gasteiger partial charge < -0.3 is 10.1 Å². The Labute approximate surface area is 125 Å². The first-order valence-electron chi connectivity index (χ1n) is 6.24. The lowest BCUT2D eigenvalue weighted by Crippen LogP contribution is -2.43. The van der Waals surface area contributed by atoms with E-state index in [2.05, 4.69) is 15.0 Å². The van der Waals surface area contributed by atoms with Crippen molar-refractivity contribution in [1.82, 2.24) is 10.3 Å². The number of carbonyl (C=O) groups is 1. The van der Waals surface area contributed by atoms with Gasteiger partial charge >= 0.3 is 12.1 Å². The number of carbonyl (C=O) groups excluding carboxylic acids is 1. The summed E-state index contributed by atoms with van der Waals surface area (Å²) in [4.78, 5) is 15.3. The molecule has 0 saturated heterocycles. The number of hydrogen-bond acceptors (Lipinski definition) is 5. The molecule has 0 fully saturated rings. The lowest BCUT2D eigenvalue weighted by Gasteiger charge is -2.18. The SMILES string of the molecule is COC(=O)C(CSc1ccc(C(F)(F)F)cn1)NC(C)C. The van der Waals surface area contributed by atoms with Gasteiger partial charge in [-0.15, -0.1) is 11.8 Å². The number of thioether (sulfide) groups is 1. The van der Waals surface area contributed by atoms with Gasteiger partial charge in [-0.3, -0.25) is 4.79 Å². The van der Waals surface area contributed by atoms with E-state index in [1.807, 2.05) is 13.8 Å². The van der Waals surface area contributed by atoms with E-state index in [1.165, 1.54) is 24.9 Å². The molecule has 118 valence electrons. The van der Waals surface area contributed by atoms with Crippen LogP contribution in [0.1, 0.15) is 19.4 Å². The molecule has 1 aromatic rings. The Hall–Kier alpha value is -1.28. The first-order valence-corrected chi connectivity index (χ1v) is 7.22. The zero-order valence-corrected chi connectivity index (χ0v) is 12.7. The van der Waals surface area contributed by atoms with Gasteiger partial charge in [-0.25, -0.2) is 4.98 Å². The highest BCUT2D eigenvalue weighted by Crippen LogP contribution is 2.29. The van der Waals surface area contributed by atoms with E-state index < -0.39 is 23.8 Å². The summed E-state index contributed by atoms with van der Waals surface area (Å²) >= 11 is 1.19. The molecule has 1 atom stereocenters. The smallest absolute Gasteiger partial charge is 0.417 e. The van der Waals surface area contributed by atoms with Crippen molar-refractivity contribution in [3.8, 4) is 0 Å². The van der Waals surface area contributed by atoms with Crippen LogP contribution in [0, 0.1) is 0 Å². The third-order valence-corrected chi connectivity index (χ3v) is 3.52. The number of aromatic nitrogens is 1. The Balaban J connectivity index is 2.65. The molecule has 1 heterocycles. The Bertz CT molecular complexity index is 463. The molecule has 1 unspecified atom stereocenters. The maximum Gasteiger partial charge on any atom is 0.417 e. The summed E-state index contributed by atoms with van der Waals surface area (Å²) in [6.07, 6.45) is -3.62. The number of ether oxygens (including phenoxy) is 1. The Kier molecular flexibility index (Phi) is 6.47. The fourth-order valence-electron chi connectivity index (χ4n) is 1.53. The second-order valence-electron chi connectivity index (χ2n) is 4.59. The van der Waals surface area contributed by atoms with E-state index in [1.54, 1.807) is 0 Å². The minimum Gasteiger partial charge on any atom is -0.468 e. The molecule has 21 heavy (non-hydrogen) atoms. The summed E-state index contributed by atoms with van der Waals surface area (Å²) in [5, 5.41) is 3.45. The minimum absolute atomic E-state index is 0.0789. The lowest BCUT2D eigenvalue weighted by atomic mass is 10.3. The van der Waals surface area contributed by atoms with Crippen LogP contribution in [0.3, 0.4) is 0 Å². The normalized spacial score (nSPS) is 13.3. The quantitative estimate of drug-likeness (QED) is 0.645. The Morgan fingerprint density at radius 2 is 2.10 bits per heavy atom. The number of pyridine rings is 1. The third-order valence-electron chi connectivity index (χ3n) is 2.48. The summed E-state index contributed by atoms with van der Waals surface area (Å²) in [6.45, 7) is 3.77. The first-order chi connectivity index (χ1) is 9.74. The second-order valence-corrected chi connectivity index (χ2v) is 5.63. The molecule has 0 aromatic carbocycles.